The fourth-order valence-electron chi connectivity index (χ4n) is 2.73. The van der Waals surface area contributed by atoms with Crippen LogP contribution in [0.4, 0.5) is 5.69 Å². The number of ether oxygens (including phenoxy) is 2. The third-order valence-corrected chi connectivity index (χ3v) is 4.73. The summed E-state index contributed by atoms with van der Waals surface area (Å²) in [7, 11) is 3.17. The molecule has 0 bridgehead atoms. The Balaban J connectivity index is 1.86. The molecule has 0 saturated heterocycles. The molecule has 0 aliphatic heterocycles. The van der Waals surface area contributed by atoms with Crippen LogP contribution in [0.15, 0.2) is 35.7 Å². The molecule has 25 heavy (non-hydrogen) atoms. The number of carbonyl (C=O) groups is 1. The van der Waals surface area contributed by atoms with Gasteiger partial charge in [0.2, 0.25) is 5.91 Å². The predicted octanol–water partition coefficient (Wildman–Crippen LogP) is 3.70. The van der Waals surface area contributed by atoms with Crippen molar-refractivity contribution in [1.82, 2.24) is 5.32 Å². The maximum Gasteiger partial charge on any atom is 0.226 e. The number of carbonyl (C=O) groups excluding carboxylic acids is 1. The molecule has 0 aliphatic rings. The second-order valence-corrected chi connectivity index (χ2v) is 7.10. The average molecular weight is 362 g/mol. The quantitative estimate of drug-likeness (QED) is 0.714. The Bertz CT molecular complexity index is 673. The Labute approximate surface area is 153 Å². The molecule has 0 fully saturated rings. The average Bonchev–Trinajstić information content (AvgIpc) is 3.07. The molecular weight excluding hydrogens is 336 g/mol. The van der Waals surface area contributed by atoms with Gasteiger partial charge in [0.25, 0.3) is 0 Å². The van der Waals surface area contributed by atoms with Gasteiger partial charge in [0.05, 0.1) is 19.9 Å². The largest absolute Gasteiger partial charge is 0.497 e. The molecule has 2 atom stereocenters. The molecule has 2 rings (SSSR count). The highest BCUT2D eigenvalue weighted by Gasteiger charge is 2.14. The highest BCUT2D eigenvalue weighted by molar-refractivity contribution is 7.09. The van der Waals surface area contributed by atoms with E-state index in [-0.39, 0.29) is 11.9 Å². The molecule has 1 aromatic heterocycles. The van der Waals surface area contributed by atoms with Gasteiger partial charge < -0.3 is 20.1 Å². The topological polar surface area (TPSA) is 59.6 Å². The second-order valence-electron chi connectivity index (χ2n) is 6.07. The maximum absolute atomic E-state index is 12.3. The number of thiophene rings is 1. The molecule has 6 heteroatoms. The number of rotatable bonds is 9. The van der Waals surface area contributed by atoms with Crippen LogP contribution in [0, 0.1) is 0 Å². The van der Waals surface area contributed by atoms with E-state index in [1.165, 1.54) is 4.88 Å². The van der Waals surface area contributed by atoms with Crippen molar-refractivity contribution in [1.29, 1.82) is 0 Å². The third kappa shape index (κ3) is 6.07. The van der Waals surface area contributed by atoms with Gasteiger partial charge in [-0.1, -0.05) is 6.07 Å². The molecule has 136 valence electrons. The Morgan fingerprint density at radius 3 is 2.60 bits per heavy atom. The second kappa shape index (κ2) is 9.44. The van der Waals surface area contributed by atoms with E-state index in [0.29, 0.717) is 29.6 Å². The van der Waals surface area contributed by atoms with Gasteiger partial charge in [0.15, 0.2) is 0 Å². The van der Waals surface area contributed by atoms with Crippen molar-refractivity contribution >= 4 is 22.9 Å². The first-order valence-corrected chi connectivity index (χ1v) is 9.20. The van der Waals surface area contributed by atoms with Gasteiger partial charge >= 0.3 is 0 Å². The summed E-state index contributed by atoms with van der Waals surface area (Å²) in [6.45, 7) is 4.16. The van der Waals surface area contributed by atoms with Crippen molar-refractivity contribution in [3.63, 3.8) is 0 Å². The normalized spacial score (nSPS) is 13.1. The van der Waals surface area contributed by atoms with Gasteiger partial charge in [-0.15, -0.1) is 11.3 Å². The number of hydrogen-bond acceptors (Lipinski definition) is 5. The summed E-state index contributed by atoms with van der Waals surface area (Å²) >= 11 is 1.76. The molecule has 1 heterocycles. The van der Waals surface area contributed by atoms with Gasteiger partial charge in [-0.3, -0.25) is 4.79 Å². The van der Waals surface area contributed by atoms with Gasteiger partial charge in [-0.25, -0.2) is 0 Å². The van der Waals surface area contributed by atoms with Crippen molar-refractivity contribution in [2.45, 2.75) is 38.8 Å². The minimum Gasteiger partial charge on any atom is -0.497 e. The van der Waals surface area contributed by atoms with Crippen molar-refractivity contribution in [3.05, 3.63) is 40.6 Å². The van der Waals surface area contributed by atoms with Crippen molar-refractivity contribution < 1.29 is 14.3 Å². The van der Waals surface area contributed by atoms with Crippen LogP contribution in [0.2, 0.25) is 0 Å². The van der Waals surface area contributed by atoms with E-state index in [1.54, 1.807) is 43.8 Å². The third-order valence-electron chi connectivity index (χ3n) is 3.83. The van der Waals surface area contributed by atoms with Crippen LogP contribution in [0.5, 0.6) is 11.5 Å². The summed E-state index contributed by atoms with van der Waals surface area (Å²) in [4.78, 5) is 13.7. The number of anilines is 1. The zero-order valence-corrected chi connectivity index (χ0v) is 16.0. The molecule has 0 aliphatic carbocycles. The van der Waals surface area contributed by atoms with Crippen LogP contribution < -0.4 is 20.1 Å². The highest BCUT2D eigenvalue weighted by Crippen LogP contribution is 2.29. The summed E-state index contributed by atoms with van der Waals surface area (Å²) in [5.41, 5.74) is 0.616. The number of nitrogens with one attached hydrogen (secondary N) is 2. The van der Waals surface area contributed by atoms with Crippen LogP contribution in [0.25, 0.3) is 0 Å². The van der Waals surface area contributed by atoms with Gasteiger partial charge in [-0.2, -0.15) is 0 Å². The smallest absolute Gasteiger partial charge is 0.226 e. The monoisotopic (exact) mass is 362 g/mol. The Morgan fingerprint density at radius 2 is 1.96 bits per heavy atom. The molecule has 0 spiro atoms. The van der Waals surface area contributed by atoms with Crippen LogP contribution in [-0.4, -0.2) is 32.2 Å². The van der Waals surface area contributed by atoms with Gasteiger partial charge in [0.1, 0.15) is 11.5 Å². The summed E-state index contributed by atoms with van der Waals surface area (Å²) in [6.07, 6.45) is 1.35. The summed E-state index contributed by atoms with van der Waals surface area (Å²) in [6, 6.07) is 9.91. The molecule has 5 nitrogen and oxygen atoms in total. The van der Waals surface area contributed by atoms with E-state index in [2.05, 4.69) is 35.1 Å². The maximum atomic E-state index is 12.3. The van der Waals surface area contributed by atoms with E-state index < -0.39 is 0 Å². The SMILES string of the molecule is COc1ccc(OC)c(NC(=O)CC(C)NC(C)Cc2cccs2)c1. The first-order chi connectivity index (χ1) is 12.0. The van der Waals surface area contributed by atoms with Crippen molar-refractivity contribution in [3.8, 4) is 11.5 Å². The predicted molar refractivity (Wildman–Crippen MR) is 103 cm³/mol. The summed E-state index contributed by atoms with van der Waals surface area (Å²) in [5, 5.41) is 8.46. The molecular formula is C19H26N2O3S. The lowest BCUT2D eigenvalue weighted by molar-refractivity contribution is -0.116. The van der Waals surface area contributed by atoms with Crippen LogP contribution in [-0.2, 0) is 11.2 Å². The molecule has 0 radical (unpaired) electrons. The minimum absolute atomic E-state index is 0.0603. The fraction of sp³-hybridized carbons (Fsp3) is 0.421. The highest BCUT2D eigenvalue weighted by atomic mass is 32.1. The van der Waals surface area contributed by atoms with Crippen LogP contribution >= 0.6 is 11.3 Å². The number of methoxy groups -OCH3 is 2. The number of amides is 1. The lowest BCUT2D eigenvalue weighted by Gasteiger charge is -2.19. The molecule has 1 aromatic carbocycles. The zero-order valence-electron chi connectivity index (χ0n) is 15.2. The molecule has 2 N–H and O–H groups in total. The van der Waals surface area contributed by atoms with Crippen LogP contribution in [0.3, 0.4) is 0 Å². The molecule has 1 amide bonds. The Kier molecular flexibility index (Phi) is 7.28. The van der Waals surface area contributed by atoms with E-state index in [1.807, 2.05) is 6.92 Å². The van der Waals surface area contributed by atoms with Crippen molar-refractivity contribution in [2.24, 2.45) is 0 Å². The molecule has 2 unspecified atom stereocenters. The molecule has 0 saturated carbocycles. The zero-order chi connectivity index (χ0) is 18.2. The van der Waals surface area contributed by atoms with Gasteiger partial charge in [-0.05, 0) is 43.8 Å². The Hall–Kier alpha value is -2.05. The Morgan fingerprint density at radius 1 is 1.16 bits per heavy atom. The fourth-order valence-corrected chi connectivity index (χ4v) is 3.56. The summed E-state index contributed by atoms with van der Waals surface area (Å²) in [5.74, 6) is 1.22. The van der Waals surface area contributed by atoms with E-state index in [0.717, 1.165) is 6.42 Å². The lowest BCUT2D eigenvalue weighted by atomic mass is 10.1. The number of benzene rings is 1. The van der Waals surface area contributed by atoms with Crippen LogP contribution in [0.1, 0.15) is 25.1 Å². The lowest BCUT2D eigenvalue weighted by Crippen LogP contribution is -2.38. The van der Waals surface area contributed by atoms with E-state index in [4.69, 9.17) is 9.47 Å². The van der Waals surface area contributed by atoms with Crippen molar-refractivity contribution in [2.75, 3.05) is 19.5 Å². The van der Waals surface area contributed by atoms with Gasteiger partial charge in [0, 0.05) is 29.4 Å². The first kappa shape index (κ1) is 19.3. The van der Waals surface area contributed by atoms with E-state index in [9.17, 15) is 4.79 Å². The number of hydrogen-bond donors (Lipinski definition) is 2. The summed E-state index contributed by atoms with van der Waals surface area (Å²) < 4.78 is 10.5. The molecule has 2 aromatic rings. The standard InChI is InChI=1S/C19H26N2O3S/c1-13(10-16-6-5-9-25-16)20-14(2)11-19(22)21-17-12-15(23-3)7-8-18(17)24-4/h5-9,12-14,20H,10-11H2,1-4H3,(H,21,22). The first-order valence-electron chi connectivity index (χ1n) is 8.32. The minimum atomic E-state index is -0.0603. The van der Waals surface area contributed by atoms with E-state index >= 15 is 0 Å².